The lowest BCUT2D eigenvalue weighted by Crippen LogP contribution is -2.36. The van der Waals surface area contributed by atoms with E-state index in [1.807, 2.05) is 24.3 Å². The van der Waals surface area contributed by atoms with Gasteiger partial charge in [-0.05, 0) is 31.2 Å². The first-order valence-electron chi connectivity index (χ1n) is 8.42. The van der Waals surface area contributed by atoms with E-state index in [0.29, 0.717) is 13.0 Å². The van der Waals surface area contributed by atoms with Gasteiger partial charge in [0.05, 0.1) is 20.2 Å². The van der Waals surface area contributed by atoms with Gasteiger partial charge in [0.2, 0.25) is 5.91 Å². The number of likely N-dealkylation sites (N-methyl/N-ethyl adjacent to an activating group) is 1. The fraction of sp³-hybridized carbons (Fsp3) is 0.444. The molecule has 6 nitrogen and oxygen atoms in total. The maximum absolute atomic E-state index is 12.5. The third kappa shape index (κ3) is 7.30. The Balaban J connectivity index is 1.74. The number of rotatable bonds is 9. The van der Waals surface area contributed by atoms with Crippen LogP contribution < -0.4 is 10.1 Å². The van der Waals surface area contributed by atoms with E-state index in [4.69, 9.17) is 4.74 Å². The molecule has 0 bridgehead atoms. The van der Waals surface area contributed by atoms with Crippen molar-refractivity contribution in [3.63, 3.8) is 0 Å². The van der Waals surface area contributed by atoms with Crippen molar-refractivity contribution in [2.75, 3.05) is 27.2 Å². The van der Waals surface area contributed by atoms with E-state index in [1.54, 1.807) is 19.1 Å². The van der Waals surface area contributed by atoms with Gasteiger partial charge in [0.25, 0.3) is 0 Å². The summed E-state index contributed by atoms with van der Waals surface area (Å²) >= 11 is 0. The minimum atomic E-state index is -4.31. The lowest BCUT2D eigenvalue weighted by atomic mass is 10.1. The molecule has 1 aromatic heterocycles. The normalized spacial score (nSPS) is 11.6. The van der Waals surface area contributed by atoms with E-state index in [1.165, 1.54) is 12.4 Å². The molecule has 0 saturated heterocycles. The lowest BCUT2D eigenvalue weighted by molar-refractivity contribution is -0.141. The molecule has 1 heterocycles. The Kier molecular flexibility index (Phi) is 7.23. The maximum atomic E-state index is 12.5. The molecule has 0 aliphatic heterocycles. The lowest BCUT2D eigenvalue weighted by Gasteiger charge is -2.17. The third-order valence-electron chi connectivity index (χ3n) is 3.87. The third-order valence-corrected chi connectivity index (χ3v) is 3.87. The van der Waals surface area contributed by atoms with Crippen LogP contribution in [0.5, 0.6) is 5.75 Å². The Morgan fingerprint density at radius 3 is 2.63 bits per heavy atom. The zero-order chi connectivity index (χ0) is 19.9. The molecule has 148 valence electrons. The minimum absolute atomic E-state index is 0.0709. The van der Waals surface area contributed by atoms with Gasteiger partial charge in [-0.3, -0.25) is 9.69 Å². The molecule has 0 unspecified atom stereocenters. The molecule has 0 spiro atoms. The summed E-state index contributed by atoms with van der Waals surface area (Å²) in [7, 11) is 3.26. The first-order valence-corrected chi connectivity index (χ1v) is 8.42. The number of amides is 1. The number of carbonyl (C=O) groups is 1. The van der Waals surface area contributed by atoms with Gasteiger partial charge in [0.1, 0.15) is 18.1 Å². The monoisotopic (exact) mass is 384 g/mol. The van der Waals surface area contributed by atoms with E-state index < -0.39 is 12.7 Å². The molecule has 0 aliphatic rings. The Labute approximate surface area is 155 Å². The molecule has 2 rings (SSSR count). The van der Waals surface area contributed by atoms with Crippen LogP contribution in [0, 0.1) is 0 Å². The second kappa shape index (κ2) is 9.40. The number of carbonyl (C=O) groups excluding carboxylic acids is 1. The van der Waals surface area contributed by atoms with Gasteiger partial charge in [-0.15, -0.1) is 0 Å². The number of ether oxygens (including phenoxy) is 1. The molecular weight excluding hydrogens is 361 g/mol. The first-order chi connectivity index (χ1) is 12.8. The summed E-state index contributed by atoms with van der Waals surface area (Å²) in [6, 6.07) is 7.57. The Morgan fingerprint density at radius 2 is 2.00 bits per heavy atom. The van der Waals surface area contributed by atoms with Gasteiger partial charge >= 0.3 is 6.18 Å². The van der Waals surface area contributed by atoms with Crippen LogP contribution in [-0.2, 0) is 24.3 Å². The number of alkyl halides is 3. The number of methoxy groups -OCH3 is 1. The Bertz CT molecular complexity index is 729. The highest BCUT2D eigenvalue weighted by atomic mass is 19.4. The zero-order valence-corrected chi connectivity index (χ0v) is 15.3. The van der Waals surface area contributed by atoms with E-state index >= 15 is 0 Å². The number of halogens is 3. The number of nitrogens with zero attached hydrogens (tertiary/aromatic N) is 3. The van der Waals surface area contributed by atoms with Crippen molar-refractivity contribution >= 4 is 5.91 Å². The highest BCUT2D eigenvalue weighted by Crippen LogP contribution is 2.18. The molecule has 9 heteroatoms. The molecular formula is C18H23F3N4O2. The van der Waals surface area contributed by atoms with Crippen molar-refractivity contribution in [2.45, 2.75) is 25.7 Å². The summed E-state index contributed by atoms with van der Waals surface area (Å²) in [6.07, 6.45) is -1.03. The van der Waals surface area contributed by atoms with Crippen LogP contribution in [0.25, 0.3) is 0 Å². The van der Waals surface area contributed by atoms with Gasteiger partial charge in [0.15, 0.2) is 0 Å². The van der Waals surface area contributed by atoms with E-state index in [2.05, 4.69) is 10.3 Å². The maximum Gasteiger partial charge on any atom is 0.406 e. The number of hydrogen-bond donors (Lipinski definition) is 1. The molecule has 2 aromatic rings. The van der Waals surface area contributed by atoms with E-state index in [9.17, 15) is 18.0 Å². The molecule has 27 heavy (non-hydrogen) atoms. The van der Waals surface area contributed by atoms with Crippen molar-refractivity contribution < 1.29 is 22.7 Å². The highest BCUT2D eigenvalue weighted by Gasteiger charge is 2.29. The van der Waals surface area contributed by atoms with Crippen molar-refractivity contribution in [3.8, 4) is 5.75 Å². The summed E-state index contributed by atoms with van der Waals surface area (Å²) in [6.45, 7) is -0.400. The fourth-order valence-corrected chi connectivity index (χ4v) is 2.57. The van der Waals surface area contributed by atoms with Crippen LogP contribution in [0.3, 0.4) is 0 Å². The van der Waals surface area contributed by atoms with Crippen molar-refractivity contribution in [1.82, 2.24) is 19.8 Å². The van der Waals surface area contributed by atoms with Gasteiger partial charge < -0.3 is 14.6 Å². The smallest absolute Gasteiger partial charge is 0.406 e. The SMILES string of the molecule is COc1ccc(CCNC(=O)CN(C)Cc2nccn2CC(F)(F)F)cc1. The number of benzene rings is 1. The summed E-state index contributed by atoms with van der Waals surface area (Å²) < 4.78 is 43.7. The summed E-state index contributed by atoms with van der Waals surface area (Å²) in [5, 5.41) is 2.80. The van der Waals surface area contributed by atoms with Crippen LogP contribution >= 0.6 is 0 Å². The first kappa shape index (κ1) is 20.8. The predicted octanol–water partition coefficient (Wildman–Crippen LogP) is 2.24. The summed E-state index contributed by atoms with van der Waals surface area (Å²) in [4.78, 5) is 17.6. The second-order valence-electron chi connectivity index (χ2n) is 6.21. The molecule has 0 aliphatic carbocycles. The Morgan fingerprint density at radius 1 is 1.30 bits per heavy atom. The molecule has 1 N–H and O–H groups in total. The van der Waals surface area contributed by atoms with Gasteiger partial charge in [0, 0.05) is 18.9 Å². The molecule has 0 radical (unpaired) electrons. The van der Waals surface area contributed by atoms with Crippen LogP contribution in [0.1, 0.15) is 11.4 Å². The molecule has 0 fully saturated rings. The largest absolute Gasteiger partial charge is 0.497 e. The van der Waals surface area contributed by atoms with Crippen LogP contribution in [0.2, 0.25) is 0 Å². The average Bonchev–Trinajstić information content (AvgIpc) is 3.00. The molecule has 1 amide bonds. The second-order valence-corrected chi connectivity index (χ2v) is 6.21. The summed E-state index contributed by atoms with van der Waals surface area (Å²) in [5.41, 5.74) is 1.07. The van der Waals surface area contributed by atoms with Crippen molar-refractivity contribution in [3.05, 3.63) is 48.0 Å². The molecule has 1 aromatic carbocycles. The number of aromatic nitrogens is 2. The average molecular weight is 384 g/mol. The van der Waals surface area contributed by atoms with Gasteiger partial charge in [-0.2, -0.15) is 13.2 Å². The standard InChI is InChI=1S/C18H23F3N4O2/c1-24(11-16-22-9-10-25(16)13-18(19,20)21)12-17(26)23-8-7-14-3-5-15(27-2)6-4-14/h3-6,9-10H,7-8,11-13H2,1-2H3,(H,23,26). The number of imidazole rings is 1. The topological polar surface area (TPSA) is 59.4 Å². The van der Waals surface area contributed by atoms with Crippen LogP contribution in [-0.4, -0.2) is 53.8 Å². The van der Waals surface area contributed by atoms with Crippen molar-refractivity contribution in [2.24, 2.45) is 0 Å². The molecule has 0 atom stereocenters. The minimum Gasteiger partial charge on any atom is -0.497 e. The van der Waals surface area contributed by atoms with Gasteiger partial charge in [-0.25, -0.2) is 4.98 Å². The number of nitrogens with one attached hydrogen (secondary N) is 1. The van der Waals surface area contributed by atoms with Gasteiger partial charge in [-0.1, -0.05) is 12.1 Å². The number of hydrogen-bond acceptors (Lipinski definition) is 4. The van der Waals surface area contributed by atoms with E-state index in [0.717, 1.165) is 15.9 Å². The fourth-order valence-electron chi connectivity index (χ4n) is 2.57. The quantitative estimate of drug-likeness (QED) is 0.721. The highest BCUT2D eigenvalue weighted by molar-refractivity contribution is 5.77. The summed E-state index contributed by atoms with van der Waals surface area (Å²) in [5.74, 6) is 0.842. The zero-order valence-electron chi connectivity index (χ0n) is 15.3. The van der Waals surface area contributed by atoms with E-state index in [-0.39, 0.29) is 24.8 Å². The Hall–Kier alpha value is -2.55. The molecule has 0 saturated carbocycles. The van der Waals surface area contributed by atoms with Crippen LogP contribution in [0.4, 0.5) is 13.2 Å². The predicted molar refractivity (Wildman–Crippen MR) is 94.3 cm³/mol. The van der Waals surface area contributed by atoms with Crippen molar-refractivity contribution in [1.29, 1.82) is 0 Å². The van der Waals surface area contributed by atoms with Crippen LogP contribution in [0.15, 0.2) is 36.7 Å².